The molecule has 0 atom stereocenters. The molecule has 10 heavy (non-hydrogen) atoms. The first-order chi connectivity index (χ1) is 4.41. The molecule has 0 spiro atoms. The molecule has 0 aromatic heterocycles. The Morgan fingerprint density at radius 3 is 1.80 bits per heavy atom. The summed E-state index contributed by atoms with van der Waals surface area (Å²) in [6, 6.07) is 0. The van der Waals surface area contributed by atoms with Crippen LogP contribution in [0.4, 0.5) is 0 Å². The van der Waals surface area contributed by atoms with Crippen molar-refractivity contribution >= 4 is 15.2 Å². The molecular weight excluding hydrogens is 154 g/mol. The van der Waals surface area contributed by atoms with Crippen LogP contribution < -0.4 is 29.6 Å². The van der Waals surface area contributed by atoms with Crippen molar-refractivity contribution in [3.05, 3.63) is 0 Å². The fourth-order valence-corrected chi connectivity index (χ4v) is 2.01. The van der Waals surface area contributed by atoms with E-state index in [1.165, 1.54) is 10.6 Å². The Bertz CT molecular complexity index is 53.8. The zero-order chi connectivity index (χ0) is 6.95. The van der Waals surface area contributed by atoms with Gasteiger partial charge in [-0.1, -0.05) is 10.6 Å². The summed E-state index contributed by atoms with van der Waals surface area (Å²) in [6.07, 6.45) is 0. The van der Waals surface area contributed by atoms with Crippen LogP contribution in [0.25, 0.3) is 0 Å². The van der Waals surface area contributed by atoms with Crippen molar-refractivity contribution in [1.29, 1.82) is 0 Å². The summed E-state index contributed by atoms with van der Waals surface area (Å²) in [7, 11) is 3.51. The van der Waals surface area contributed by atoms with Crippen molar-refractivity contribution in [1.82, 2.24) is 0 Å². The molecule has 0 heterocycles. The Hall–Kier alpha value is 1.45. The Morgan fingerprint density at radius 2 is 1.50 bits per heavy atom. The third-order valence-corrected chi connectivity index (χ3v) is 2.77. The van der Waals surface area contributed by atoms with E-state index in [-0.39, 0.29) is 46.2 Å². The molecule has 0 saturated heterocycles. The van der Waals surface area contributed by atoms with Gasteiger partial charge in [-0.25, -0.2) is 0 Å². The van der Waals surface area contributed by atoms with Gasteiger partial charge in [0.2, 0.25) is 15.2 Å². The van der Waals surface area contributed by atoms with Crippen molar-refractivity contribution in [3.8, 4) is 0 Å². The Morgan fingerprint density at radius 1 is 1.10 bits per heavy atom. The van der Waals surface area contributed by atoms with Gasteiger partial charge in [-0.05, 0) is 0 Å². The number of ether oxygens (including phenoxy) is 2. The van der Waals surface area contributed by atoms with E-state index in [1.54, 1.807) is 14.2 Å². The molecule has 56 valence electrons. The molecule has 0 radical (unpaired) electrons. The van der Waals surface area contributed by atoms with Crippen LogP contribution in [0.3, 0.4) is 0 Å². The van der Waals surface area contributed by atoms with Gasteiger partial charge in [0.15, 0.2) is 0 Å². The van der Waals surface area contributed by atoms with Gasteiger partial charge in [-0.15, -0.1) is 0 Å². The summed E-state index contributed by atoms with van der Waals surface area (Å²) in [4.78, 5) is 0. The van der Waals surface area contributed by atoms with Crippen LogP contribution in [0.5, 0.6) is 0 Å². The van der Waals surface area contributed by atoms with Gasteiger partial charge in [0, 0.05) is 27.4 Å². The number of hydrogen-bond donors (Lipinski definition) is 0. The molecule has 0 aliphatic heterocycles. The molecule has 0 aromatic rings. The molecule has 0 rings (SSSR count). The van der Waals surface area contributed by atoms with E-state index in [1.807, 2.05) is 0 Å². The average molecular weight is 170 g/mol. The standard InChI is InChI=1S/2C3H7O.Al.Na.2H/c2*1-3-4-2;;;;/h2*1,3H2,2H3;;;;/q;;;+1;;-1. The largest absolute Gasteiger partial charge is 1.00 e. The second-order valence-corrected chi connectivity index (χ2v) is 4.17. The SMILES string of the molecule is COC[CH2][AlH][CH2]COC.[H-].[Na+]. The Balaban J connectivity index is -0.000000320. The van der Waals surface area contributed by atoms with E-state index in [2.05, 4.69) is 0 Å². The molecule has 0 fully saturated rings. The predicted octanol–water partition coefficient (Wildman–Crippen LogP) is -2.33. The van der Waals surface area contributed by atoms with Crippen molar-refractivity contribution in [2.75, 3.05) is 27.4 Å². The van der Waals surface area contributed by atoms with Crippen molar-refractivity contribution in [2.24, 2.45) is 0 Å². The van der Waals surface area contributed by atoms with Crippen LogP contribution in [0, 0.1) is 0 Å². The van der Waals surface area contributed by atoms with Gasteiger partial charge in [-0.3, -0.25) is 0 Å². The predicted molar refractivity (Wildman–Crippen MR) is 41.6 cm³/mol. The molecular formula is C6H16AlNaO2. The molecule has 0 aliphatic carbocycles. The maximum absolute atomic E-state index is 4.92. The average Bonchev–Trinajstić information content (AvgIpc) is 1.89. The second kappa shape index (κ2) is 13.1. The monoisotopic (exact) mass is 170 g/mol. The molecule has 0 unspecified atom stereocenters. The molecule has 0 aromatic carbocycles. The summed E-state index contributed by atoms with van der Waals surface area (Å²) in [5.74, 6) is 0. The maximum Gasteiger partial charge on any atom is 1.00 e. The van der Waals surface area contributed by atoms with Crippen LogP contribution >= 0.6 is 0 Å². The minimum absolute atomic E-state index is 0. The van der Waals surface area contributed by atoms with Gasteiger partial charge >= 0.3 is 29.6 Å². The van der Waals surface area contributed by atoms with Crippen molar-refractivity contribution in [2.45, 2.75) is 10.6 Å². The van der Waals surface area contributed by atoms with E-state index >= 15 is 0 Å². The molecule has 0 N–H and O–H groups in total. The summed E-state index contributed by atoms with van der Waals surface area (Å²) in [5.41, 5.74) is 0. The fourth-order valence-electron chi connectivity index (χ4n) is 0.670. The first-order valence-corrected chi connectivity index (χ1v) is 5.39. The van der Waals surface area contributed by atoms with Gasteiger partial charge in [0.05, 0.1) is 0 Å². The number of hydrogen-bond acceptors (Lipinski definition) is 2. The second-order valence-electron chi connectivity index (χ2n) is 2.05. The minimum Gasteiger partial charge on any atom is -1.00 e. The third-order valence-electron chi connectivity index (χ3n) is 1.20. The smallest absolute Gasteiger partial charge is 1.00 e. The van der Waals surface area contributed by atoms with Gasteiger partial charge < -0.3 is 10.9 Å². The molecule has 0 bridgehead atoms. The van der Waals surface area contributed by atoms with E-state index in [0.717, 1.165) is 13.2 Å². The number of methoxy groups -OCH3 is 2. The first kappa shape index (κ1) is 14.0. The minimum atomic E-state index is 0. The van der Waals surface area contributed by atoms with Crippen LogP contribution in [0.15, 0.2) is 0 Å². The molecule has 0 amide bonds. The molecule has 4 heteroatoms. The summed E-state index contributed by atoms with van der Waals surface area (Å²) in [5, 5.41) is 2.58. The van der Waals surface area contributed by atoms with E-state index in [9.17, 15) is 0 Å². The van der Waals surface area contributed by atoms with E-state index in [0.29, 0.717) is 0 Å². The van der Waals surface area contributed by atoms with E-state index < -0.39 is 0 Å². The molecule has 0 aliphatic rings. The van der Waals surface area contributed by atoms with Crippen molar-refractivity contribution in [3.63, 3.8) is 0 Å². The summed E-state index contributed by atoms with van der Waals surface area (Å²) < 4.78 is 9.83. The van der Waals surface area contributed by atoms with Crippen molar-refractivity contribution < 1.29 is 40.5 Å². The van der Waals surface area contributed by atoms with Gasteiger partial charge in [-0.2, -0.15) is 0 Å². The summed E-state index contributed by atoms with van der Waals surface area (Å²) in [6.45, 7) is 1.88. The zero-order valence-corrected chi connectivity index (χ0v) is 10.8. The topological polar surface area (TPSA) is 18.5 Å². The van der Waals surface area contributed by atoms with Crippen LogP contribution in [0.1, 0.15) is 1.43 Å². The summed E-state index contributed by atoms with van der Waals surface area (Å²) >= 11 is 0.139. The van der Waals surface area contributed by atoms with Gasteiger partial charge in [0.1, 0.15) is 0 Å². The quantitative estimate of drug-likeness (QED) is 0.329. The zero-order valence-electron chi connectivity index (χ0n) is 8.35. The van der Waals surface area contributed by atoms with Gasteiger partial charge in [0.25, 0.3) is 0 Å². The maximum atomic E-state index is 4.92. The van der Waals surface area contributed by atoms with Crippen LogP contribution in [0.2, 0.25) is 10.6 Å². The first-order valence-electron chi connectivity index (χ1n) is 3.39. The Labute approximate surface area is 93.1 Å². The molecule has 2 nitrogen and oxygen atoms in total. The van der Waals surface area contributed by atoms with Crippen LogP contribution in [-0.2, 0) is 9.47 Å². The van der Waals surface area contributed by atoms with E-state index in [4.69, 9.17) is 9.47 Å². The fraction of sp³-hybridized carbons (Fsp3) is 1.00. The van der Waals surface area contributed by atoms with Crippen LogP contribution in [-0.4, -0.2) is 42.7 Å². The normalized spacial score (nSPS) is 8.60. The third kappa shape index (κ3) is 12.2. The number of rotatable bonds is 6. The molecule has 0 saturated carbocycles. The Kier molecular flexibility index (Phi) is 18.3.